The molecule has 0 N–H and O–H groups in total. The Morgan fingerprint density at radius 1 is 1.12 bits per heavy atom. The molecule has 164 valence electrons. The molecule has 4 aromatic heterocycles. The van der Waals surface area contributed by atoms with Gasteiger partial charge in [-0.05, 0) is 31.9 Å². The number of thiazole rings is 1. The molecule has 1 aliphatic heterocycles. The fourth-order valence-corrected chi connectivity index (χ4v) is 4.54. The van der Waals surface area contributed by atoms with Gasteiger partial charge in [-0.2, -0.15) is 15.0 Å². The minimum absolute atomic E-state index is 0.243. The van der Waals surface area contributed by atoms with Gasteiger partial charge in [-0.3, -0.25) is 4.98 Å². The van der Waals surface area contributed by atoms with Gasteiger partial charge in [-0.1, -0.05) is 22.9 Å². The Hall–Kier alpha value is -3.11. The summed E-state index contributed by atoms with van der Waals surface area (Å²) in [5.74, 6) is 0.709. The first-order chi connectivity index (χ1) is 15.7. The van der Waals surface area contributed by atoms with Crippen LogP contribution >= 0.6 is 22.9 Å². The predicted molar refractivity (Wildman–Crippen MR) is 122 cm³/mol. The number of aryl methyl sites for hydroxylation is 1. The van der Waals surface area contributed by atoms with E-state index in [9.17, 15) is 0 Å². The number of nitrogens with zero attached hydrogens (tertiary/aromatic N) is 8. The molecule has 5 heterocycles. The van der Waals surface area contributed by atoms with E-state index < -0.39 is 0 Å². The smallest absolute Gasteiger partial charge is 0.274 e. The lowest BCUT2D eigenvalue weighted by atomic mass is 10.1. The van der Waals surface area contributed by atoms with Crippen LogP contribution in [0.1, 0.15) is 29.5 Å². The number of pyridine rings is 1. The summed E-state index contributed by atoms with van der Waals surface area (Å²) in [7, 11) is 0. The van der Waals surface area contributed by atoms with E-state index in [4.69, 9.17) is 16.3 Å². The highest BCUT2D eigenvalue weighted by Crippen LogP contribution is 2.32. The SMILES string of the molecule is Cc1sc(OCc2cnn(C3CCN(c4ncc(Cl)cn4)CC3)n2)nc1-c1ccncc1. The van der Waals surface area contributed by atoms with Crippen molar-refractivity contribution < 1.29 is 4.74 Å². The number of hydrogen-bond acceptors (Lipinski definition) is 9. The van der Waals surface area contributed by atoms with Crippen LogP contribution in [0.4, 0.5) is 5.95 Å². The fraction of sp³-hybridized carbons (Fsp3) is 0.333. The van der Waals surface area contributed by atoms with E-state index in [1.165, 1.54) is 11.3 Å². The van der Waals surface area contributed by atoms with Crippen LogP contribution in [0.5, 0.6) is 5.19 Å². The molecule has 0 aliphatic carbocycles. The molecule has 0 amide bonds. The zero-order valence-corrected chi connectivity index (χ0v) is 19.0. The maximum absolute atomic E-state index is 5.90. The summed E-state index contributed by atoms with van der Waals surface area (Å²) in [6, 6.07) is 4.14. The van der Waals surface area contributed by atoms with Crippen LogP contribution in [0.15, 0.2) is 43.1 Å². The highest BCUT2D eigenvalue weighted by Gasteiger charge is 2.24. The number of halogens is 1. The first kappa shape index (κ1) is 20.8. The molecule has 5 rings (SSSR count). The molecule has 0 aromatic carbocycles. The molecule has 32 heavy (non-hydrogen) atoms. The van der Waals surface area contributed by atoms with Crippen molar-refractivity contribution >= 4 is 28.9 Å². The molecule has 0 radical (unpaired) electrons. The van der Waals surface area contributed by atoms with E-state index in [0.29, 0.717) is 22.8 Å². The van der Waals surface area contributed by atoms with Gasteiger partial charge in [0.1, 0.15) is 12.3 Å². The third kappa shape index (κ3) is 4.56. The van der Waals surface area contributed by atoms with Gasteiger partial charge >= 0.3 is 0 Å². The molecule has 1 aliphatic rings. The van der Waals surface area contributed by atoms with Crippen molar-refractivity contribution in [3.8, 4) is 16.5 Å². The summed E-state index contributed by atoms with van der Waals surface area (Å²) >= 11 is 7.41. The number of hydrogen-bond donors (Lipinski definition) is 0. The number of ether oxygens (including phenoxy) is 1. The van der Waals surface area contributed by atoms with Gasteiger partial charge in [0.15, 0.2) is 0 Å². The Balaban J connectivity index is 1.17. The highest BCUT2D eigenvalue weighted by atomic mass is 35.5. The number of rotatable bonds is 6. The molecule has 9 nitrogen and oxygen atoms in total. The van der Waals surface area contributed by atoms with E-state index in [1.54, 1.807) is 35.8 Å². The Bertz CT molecular complexity index is 1170. The molecule has 11 heteroatoms. The molecular formula is C21H21ClN8OS. The first-order valence-corrected chi connectivity index (χ1v) is 11.5. The van der Waals surface area contributed by atoms with Gasteiger partial charge in [-0.25, -0.2) is 15.0 Å². The molecule has 1 saturated heterocycles. The fourth-order valence-electron chi connectivity index (χ4n) is 3.66. The lowest BCUT2D eigenvalue weighted by molar-refractivity contribution is 0.290. The summed E-state index contributed by atoms with van der Waals surface area (Å²) in [5.41, 5.74) is 2.74. The van der Waals surface area contributed by atoms with Gasteiger partial charge in [0, 0.05) is 35.9 Å². The summed E-state index contributed by atoms with van der Waals surface area (Å²) in [6.07, 6.45) is 10.4. The van der Waals surface area contributed by atoms with E-state index >= 15 is 0 Å². The molecule has 4 aromatic rings. The molecule has 0 unspecified atom stereocenters. The van der Waals surface area contributed by atoms with Crippen molar-refractivity contribution in [2.75, 3.05) is 18.0 Å². The average molecular weight is 469 g/mol. The molecule has 0 saturated carbocycles. The van der Waals surface area contributed by atoms with Crippen LogP contribution in [0, 0.1) is 6.92 Å². The Morgan fingerprint density at radius 2 is 1.88 bits per heavy atom. The van der Waals surface area contributed by atoms with E-state index in [2.05, 4.69) is 35.0 Å². The lowest BCUT2D eigenvalue weighted by Crippen LogP contribution is -2.36. The van der Waals surface area contributed by atoms with Crippen molar-refractivity contribution in [1.29, 1.82) is 0 Å². The third-order valence-corrected chi connectivity index (χ3v) is 6.39. The third-order valence-electron chi connectivity index (χ3n) is 5.31. The summed E-state index contributed by atoms with van der Waals surface area (Å²) in [5, 5.41) is 10.3. The minimum atomic E-state index is 0.243. The predicted octanol–water partition coefficient (Wildman–Crippen LogP) is 3.97. The zero-order valence-electron chi connectivity index (χ0n) is 17.4. The maximum atomic E-state index is 5.90. The highest BCUT2D eigenvalue weighted by molar-refractivity contribution is 7.13. The van der Waals surface area contributed by atoms with Crippen molar-refractivity contribution in [2.45, 2.75) is 32.4 Å². The van der Waals surface area contributed by atoms with Crippen LogP contribution in [0.25, 0.3) is 11.3 Å². The molecule has 0 atom stereocenters. The Kier molecular flexibility index (Phi) is 5.95. The summed E-state index contributed by atoms with van der Waals surface area (Å²) in [4.78, 5) is 22.4. The van der Waals surface area contributed by atoms with E-state index in [0.717, 1.165) is 47.8 Å². The van der Waals surface area contributed by atoms with Gasteiger partial charge in [0.05, 0.1) is 35.3 Å². The van der Waals surface area contributed by atoms with Crippen molar-refractivity contribution in [1.82, 2.24) is 34.9 Å². The van der Waals surface area contributed by atoms with Crippen molar-refractivity contribution in [2.24, 2.45) is 0 Å². The second-order valence-electron chi connectivity index (χ2n) is 7.48. The van der Waals surface area contributed by atoms with Crippen LogP contribution in [-0.4, -0.2) is 48.0 Å². The van der Waals surface area contributed by atoms with Gasteiger partial charge in [-0.15, -0.1) is 0 Å². The van der Waals surface area contributed by atoms with Crippen LogP contribution < -0.4 is 9.64 Å². The zero-order chi connectivity index (χ0) is 21.9. The average Bonchev–Trinajstić information content (AvgIpc) is 3.45. The lowest BCUT2D eigenvalue weighted by Gasteiger charge is -2.31. The van der Waals surface area contributed by atoms with Crippen LogP contribution in [0.2, 0.25) is 5.02 Å². The molecule has 0 spiro atoms. The maximum Gasteiger partial charge on any atom is 0.274 e. The summed E-state index contributed by atoms with van der Waals surface area (Å²) in [6.45, 7) is 4.06. The van der Waals surface area contributed by atoms with Crippen molar-refractivity contribution in [3.63, 3.8) is 0 Å². The molecular weight excluding hydrogens is 448 g/mol. The standard InChI is InChI=1S/C21H21ClN8OS/c1-14-19(15-2-6-23-7-3-15)27-21(32-14)31-13-17-12-26-30(28-17)18-4-8-29(9-5-18)20-24-10-16(22)11-25-20/h2-3,6-7,10-12,18H,4-5,8-9,13H2,1H3. The number of piperidine rings is 1. The molecule has 0 bridgehead atoms. The topological polar surface area (TPSA) is 94.7 Å². The molecule has 1 fully saturated rings. The monoisotopic (exact) mass is 468 g/mol. The van der Waals surface area contributed by atoms with Crippen LogP contribution in [0.3, 0.4) is 0 Å². The van der Waals surface area contributed by atoms with Crippen molar-refractivity contribution in [3.05, 3.63) is 58.7 Å². The largest absolute Gasteiger partial charge is 0.463 e. The first-order valence-electron chi connectivity index (χ1n) is 10.3. The second kappa shape index (κ2) is 9.17. The van der Waals surface area contributed by atoms with E-state index in [-0.39, 0.29) is 6.04 Å². The number of aromatic nitrogens is 7. The normalized spacial score (nSPS) is 14.6. The van der Waals surface area contributed by atoms with Gasteiger partial charge in [0.25, 0.3) is 5.19 Å². The quantitative estimate of drug-likeness (QED) is 0.419. The number of anilines is 1. The van der Waals surface area contributed by atoms with E-state index in [1.807, 2.05) is 19.1 Å². The Morgan fingerprint density at radius 3 is 2.62 bits per heavy atom. The van der Waals surface area contributed by atoms with Gasteiger partial charge in [0.2, 0.25) is 5.95 Å². The minimum Gasteiger partial charge on any atom is -0.463 e. The second-order valence-corrected chi connectivity index (χ2v) is 9.09. The van der Waals surface area contributed by atoms with Crippen LogP contribution in [-0.2, 0) is 6.61 Å². The summed E-state index contributed by atoms with van der Waals surface area (Å²) < 4.78 is 5.90. The van der Waals surface area contributed by atoms with Gasteiger partial charge < -0.3 is 9.64 Å². The Labute approximate surface area is 194 Å².